The van der Waals surface area contributed by atoms with Crippen molar-refractivity contribution in [1.82, 2.24) is 0 Å². The molecule has 2 nitrogen and oxygen atoms in total. The second-order valence-corrected chi connectivity index (χ2v) is 7.89. The summed E-state index contributed by atoms with van der Waals surface area (Å²) in [6, 6.07) is 28.0. The smallest absolute Gasteiger partial charge is 0.174 e. The summed E-state index contributed by atoms with van der Waals surface area (Å²) in [4.78, 5) is 0. The summed E-state index contributed by atoms with van der Waals surface area (Å²) in [5.74, 6) is 0. The molecule has 0 fully saturated rings. The van der Waals surface area contributed by atoms with Gasteiger partial charge in [0.05, 0.1) is 11.6 Å². The molecular formula is C20H17O2P. The Labute approximate surface area is 136 Å². The summed E-state index contributed by atoms with van der Waals surface area (Å²) in [5, 5.41) is 11.8. The van der Waals surface area contributed by atoms with Crippen LogP contribution < -0.4 is 10.6 Å². The Morgan fingerprint density at radius 3 is 1.48 bits per heavy atom. The zero-order valence-electron chi connectivity index (χ0n) is 12.5. The second-order valence-electron chi connectivity index (χ2n) is 5.16. The van der Waals surface area contributed by atoms with E-state index in [1.165, 1.54) is 0 Å². The predicted octanol–water partition coefficient (Wildman–Crippen LogP) is 4.56. The average Bonchev–Trinajstić information content (AvgIpc) is 2.64. The van der Waals surface area contributed by atoms with E-state index in [4.69, 9.17) is 0 Å². The van der Waals surface area contributed by atoms with Gasteiger partial charge in [0.1, 0.15) is 0 Å². The van der Waals surface area contributed by atoms with Crippen molar-refractivity contribution in [3.8, 4) is 0 Å². The molecule has 0 bridgehead atoms. The van der Waals surface area contributed by atoms with Crippen LogP contribution in [0.15, 0.2) is 97.3 Å². The average molecular weight is 320 g/mol. The highest BCUT2D eigenvalue weighted by Gasteiger charge is 2.32. The van der Waals surface area contributed by atoms with Crippen LogP contribution in [0.25, 0.3) is 5.31 Å². The van der Waals surface area contributed by atoms with E-state index in [2.05, 4.69) is 0 Å². The van der Waals surface area contributed by atoms with E-state index >= 15 is 0 Å². The molecule has 0 atom stereocenters. The van der Waals surface area contributed by atoms with E-state index in [9.17, 15) is 9.67 Å². The van der Waals surface area contributed by atoms with Crippen molar-refractivity contribution >= 4 is 23.1 Å². The van der Waals surface area contributed by atoms with E-state index < -0.39 is 7.14 Å². The van der Waals surface area contributed by atoms with Crippen LogP contribution in [-0.2, 0) is 4.57 Å². The highest BCUT2D eigenvalue weighted by atomic mass is 31.2. The Kier molecular flexibility index (Phi) is 4.45. The van der Waals surface area contributed by atoms with Crippen LogP contribution in [0.2, 0.25) is 0 Å². The molecule has 1 N–H and O–H groups in total. The minimum absolute atomic E-state index is 0.440. The van der Waals surface area contributed by atoms with Gasteiger partial charge in [0.25, 0.3) is 0 Å². The van der Waals surface area contributed by atoms with Gasteiger partial charge in [0, 0.05) is 10.6 Å². The van der Waals surface area contributed by atoms with Gasteiger partial charge in [-0.05, 0) is 5.56 Å². The third kappa shape index (κ3) is 2.86. The van der Waals surface area contributed by atoms with Crippen molar-refractivity contribution in [1.29, 1.82) is 0 Å². The van der Waals surface area contributed by atoms with Gasteiger partial charge in [-0.1, -0.05) is 91.0 Å². The number of hydrogen-bond acceptors (Lipinski definition) is 2. The van der Waals surface area contributed by atoms with Crippen molar-refractivity contribution in [3.63, 3.8) is 0 Å². The Morgan fingerprint density at radius 2 is 1.09 bits per heavy atom. The maximum Gasteiger partial charge on any atom is 0.174 e. The lowest BCUT2D eigenvalue weighted by Gasteiger charge is -2.22. The molecule has 0 aliphatic carbocycles. The summed E-state index contributed by atoms with van der Waals surface area (Å²) in [6.45, 7) is 0. The molecule has 3 aromatic rings. The fourth-order valence-corrected chi connectivity index (χ4v) is 5.36. The first-order valence-electron chi connectivity index (χ1n) is 7.38. The van der Waals surface area contributed by atoms with Gasteiger partial charge in [-0.3, -0.25) is 0 Å². The van der Waals surface area contributed by atoms with Gasteiger partial charge in [-0.25, -0.2) is 0 Å². The van der Waals surface area contributed by atoms with E-state index in [1.54, 1.807) is 0 Å². The molecule has 3 rings (SSSR count). The normalized spacial score (nSPS) is 12.1. The lowest BCUT2D eigenvalue weighted by atomic mass is 10.2. The van der Waals surface area contributed by atoms with Gasteiger partial charge in [-0.2, -0.15) is 0 Å². The van der Waals surface area contributed by atoms with E-state index in [-0.39, 0.29) is 0 Å². The van der Waals surface area contributed by atoms with Gasteiger partial charge in [-0.15, -0.1) is 0 Å². The summed E-state index contributed by atoms with van der Waals surface area (Å²) in [6.07, 6.45) is 0.982. The third-order valence-corrected chi connectivity index (χ3v) is 6.87. The zero-order valence-corrected chi connectivity index (χ0v) is 13.4. The SMILES string of the molecule is O=P(/C(=C/O)c1ccccc1)(c1ccccc1)c1ccccc1. The van der Waals surface area contributed by atoms with Crippen molar-refractivity contribution in [2.24, 2.45) is 0 Å². The van der Waals surface area contributed by atoms with Crippen LogP contribution >= 0.6 is 7.14 Å². The molecule has 0 unspecified atom stereocenters. The molecule has 0 aliphatic rings. The fourth-order valence-electron chi connectivity index (χ4n) is 2.65. The van der Waals surface area contributed by atoms with Crippen molar-refractivity contribution < 1.29 is 9.67 Å². The van der Waals surface area contributed by atoms with Crippen molar-refractivity contribution in [2.45, 2.75) is 0 Å². The molecule has 3 heteroatoms. The maximum absolute atomic E-state index is 14.1. The van der Waals surface area contributed by atoms with Crippen molar-refractivity contribution in [2.75, 3.05) is 0 Å². The summed E-state index contributed by atoms with van der Waals surface area (Å²) >= 11 is 0. The van der Waals surface area contributed by atoms with Crippen molar-refractivity contribution in [3.05, 3.63) is 103 Å². The first-order valence-corrected chi connectivity index (χ1v) is 9.09. The lowest BCUT2D eigenvalue weighted by molar-refractivity contribution is 0.476. The monoisotopic (exact) mass is 320 g/mol. The van der Waals surface area contributed by atoms with Crippen LogP contribution in [0.4, 0.5) is 0 Å². The highest BCUT2D eigenvalue weighted by molar-refractivity contribution is 7.87. The second kappa shape index (κ2) is 6.68. The van der Waals surface area contributed by atoms with Gasteiger partial charge < -0.3 is 9.67 Å². The van der Waals surface area contributed by atoms with Crippen LogP contribution in [0.3, 0.4) is 0 Å². The molecule has 0 saturated heterocycles. The molecule has 0 spiro atoms. The van der Waals surface area contributed by atoms with Gasteiger partial charge >= 0.3 is 0 Å². The summed E-state index contributed by atoms with van der Waals surface area (Å²) < 4.78 is 14.1. The Morgan fingerprint density at radius 1 is 0.696 bits per heavy atom. The molecule has 0 aliphatic heterocycles. The van der Waals surface area contributed by atoms with Crippen LogP contribution in [0, 0.1) is 0 Å². The number of rotatable bonds is 4. The van der Waals surface area contributed by atoms with Crippen LogP contribution in [0.5, 0.6) is 0 Å². The Bertz CT molecular complexity index is 797. The first-order chi connectivity index (χ1) is 11.3. The highest BCUT2D eigenvalue weighted by Crippen LogP contribution is 2.56. The van der Waals surface area contributed by atoms with E-state index in [0.29, 0.717) is 15.9 Å². The lowest BCUT2D eigenvalue weighted by Crippen LogP contribution is -2.17. The molecule has 0 amide bonds. The van der Waals surface area contributed by atoms with E-state index in [1.807, 2.05) is 91.0 Å². The third-order valence-electron chi connectivity index (χ3n) is 3.77. The number of aliphatic hydroxyl groups is 1. The quantitative estimate of drug-likeness (QED) is 0.565. The van der Waals surface area contributed by atoms with Crippen LogP contribution in [0.1, 0.15) is 5.56 Å². The maximum atomic E-state index is 14.1. The predicted molar refractivity (Wildman–Crippen MR) is 96.8 cm³/mol. The molecule has 0 aromatic heterocycles. The largest absolute Gasteiger partial charge is 0.515 e. The number of hydrogen-bond donors (Lipinski definition) is 1. The summed E-state index contributed by atoms with van der Waals surface area (Å²) in [5.41, 5.74) is 0.756. The standard InChI is InChI=1S/C20H17O2P/c21-16-20(17-10-4-1-5-11-17)23(22,18-12-6-2-7-13-18)19-14-8-3-9-15-19/h1-16,21H/b20-16+. The van der Waals surface area contributed by atoms with Crippen LogP contribution in [-0.4, -0.2) is 5.11 Å². The minimum Gasteiger partial charge on any atom is -0.515 e. The Hall–Kier alpha value is -2.57. The molecular weight excluding hydrogens is 303 g/mol. The molecule has 114 valence electrons. The van der Waals surface area contributed by atoms with E-state index in [0.717, 1.165) is 11.8 Å². The minimum atomic E-state index is -3.15. The summed E-state index contributed by atoms with van der Waals surface area (Å²) in [7, 11) is -3.15. The molecule has 23 heavy (non-hydrogen) atoms. The zero-order chi connectivity index (χ0) is 16.1. The topological polar surface area (TPSA) is 37.3 Å². The Balaban J connectivity index is 2.27. The molecule has 0 saturated carbocycles. The van der Waals surface area contributed by atoms with Gasteiger partial charge in [0.2, 0.25) is 0 Å². The molecule has 0 radical (unpaired) electrons. The first kappa shape index (κ1) is 15.3. The molecule has 3 aromatic carbocycles. The molecule has 0 heterocycles. The van der Waals surface area contributed by atoms with Gasteiger partial charge in [0.15, 0.2) is 7.14 Å². The number of benzene rings is 3. The number of aliphatic hydroxyl groups excluding tert-OH is 1. The fraction of sp³-hybridized carbons (Fsp3) is 0.